The first-order valence-corrected chi connectivity index (χ1v) is 12.9. The molecule has 9 nitrogen and oxygen atoms in total. The number of carbonyl (C=O) groups is 1. The highest BCUT2D eigenvalue weighted by molar-refractivity contribution is 5.80. The fourth-order valence-electron chi connectivity index (χ4n) is 5.56. The van der Waals surface area contributed by atoms with Gasteiger partial charge in [-0.2, -0.15) is 10.2 Å². The van der Waals surface area contributed by atoms with Crippen LogP contribution in [0, 0.1) is 11.8 Å². The lowest BCUT2D eigenvalue weighted by Gasteiger charge is -2.35. The first-order valence-electron chi connectivity index (χ1n) is 12.9. The van der Waals surface area contributed by atoms with Crippen molar-refractivity contribution in [3.05, 3.63) is 47.7 Å². The van der Waals surface area contributed by atoms with Gasteiger partial charge in [-0.3, -0.25) is 14.8 Å². The molecule has 5 rings (SSSR count). The van der Waals surface area contributed by atoms with Crippen molar-refractivity contribution in [3.8, 4) is 0 Å². The Morgan fingerprint density at radius 1 is 1.21 bits per heavy atom. The molecule has 13 heteroatoms. The second-order valence-electron chi connectivity index (χ2n) is 10.3. The zero-order valence-corrected chi connectivity index (χ0v) is 21.0. The Balaban J connectivity index is 1.42. The number of rotatable bonds is 8. The number of nitrogens with zero attached hydrogens (tertiary/aromatic N) is 5. The number of hydrogen-bond acceptors (Lipinski definition) is 6. The molecule has 3 aromatic heterocycles. The minimum Gasteiger partial charge on any atom is -0.373 e. The van der Waals surface area contributed by atoms with Crippen molar-refractivity contribution in [1.29, 1.82) is 0 Å². The first-order chi connectivity index (χ1) is 18.0. The molecule has 3 N–H and O–H groups in total. The van der Waals surface area contributed by atoms with Gasteiger partial charge >= 0.3 is 0 Å². The van der Waals surface area contributed by atoms with E-state index in [1.54, 1.807) is 35.3 Å². The summed E-state index contributed by atoms with van der Waals surface area (Å²) in [6.45, 7) is 1.74. The number of imidazole rings is 1. The minimum absolute atomic E-state index is 0.0289. The van der Waals surface area contributed by atoms with Crippen LogP contribution in [0.1, 0.15) is 68.4 Å². The maximum absolute atomic E-state index is 14.4. The van der Waals surface area contributed by atoms with E-state index in [0.29, 0.717) is 42.1 Å². The predicted molar refractivity (Wildman–Crippen MR) is 128 cm³/mol. The normalized spacial score (nSPS) is 24.7. The van der Waals surface area contributed by atoms with E-state index in [0.717, 1.165) is 0 Å². The van der Waals surface area contributed by atoms with Crippen molar-refractivity contribution in [1.82, 2.24) is 35.0 Å². The number of aliphatic hydroxyl groups is 1. The Hall–Kier alpha value is -3.06. The van der Waals surface area contributed by atoms with Crippen LogP contribution in [0.5, 0.6) is 0 Å². The van der Waals surface area contributed by atoms with Crippen LogP contribution < -0.4 is 10.6 Å². The van der Waals surface area contributed by atoms with Crippen molar-refractivity contribution in [2.75, 3.05) is 6.54 Å². The highest BCUT2D eigenvalue weighted by Gasteiger charge is 2.42. The van der Waals surface area contributed by atoms with Crippen LogP contribution >= 0.6 is 0 Å². The number of hydrogen-bond donors (Lipinski definition) is 3. The molecule has 2 aliphatic rings. The molecular formula is C25H31F4N7O2. The molecule has 1 amide bonds. The molecule has 4 atom stereocenters. The van der Waals surface area contributed by atoms with Gasteiger partial charge < -0.3 is 10.4 Å². The second kappa shape index (κ2) is 10.3. The second-order valence-corrected chi connectivity index (χ2v) is 10.3. The standard InChI is InChI=1S/C25H31F4N7O2/c1-2-35-19(7-9-31-35)23(38)33-21(15-4-3-8-24(26,27)11-15)18-13-36-20(32-18)6-5-17(34-36)10-16-12-25(28,29)14-30-22(16)37/h5-7,9,13,15-16,21,23,33,38H,2-4,8,10-12,14H2,1H3,(H,30,37). The first kappa shape index (κ1) is 26.5. The van der Waals surface area contributed by atoms with Crippen molar-refractivity contribution < 1.29 is 27.5 Å². The van der Waals surface area contributed by atoms with E-state index in [4.69, 9.17) is 0 Å². The van der Waals surface area contributed by atoms with E-state index >= 15 is 0 Å². The van der Waals surface area contributed by atoms with Gasteiger partial charge in [-0.05, 0) is 43.9 Å². The Labute approximate surface area is 216 Å². The molecule has 0 bridgehead atoms. The van der Waals surface area contributed by atoms with Gasteiger partial charge in [0.05, 0.1) is 35.9 Å². The predicted octanol–water partition coefficient (Wildman–Crippen LogP) is 3.41. The number of aryl methyl sites for hydroxylation is 1. The van der Waals surface area contributed by atoms with E-state index in [2.05, 4.69) is 25.8 Å². The monoisotopic (exact) mass is 537 g/mol. The number of piperidine rings is 1. The van der Waals surface area contributed by atoms with Gasteiger partial charge in [0.1, 0.15) is 6.23 Å². The van der Waals surface area contributed by atoms with Gasteiger partial charge in [0.15, 0.2) is 5.65 Å². The summed E-state index contributed by atoms with van der Waals surface area (Å²) in [6.07, 6.45) is 1.83. The third-order valence-corrected chi connectivity index (χ3v) is 7.42. The lowest BCUT2D eigenvalue weighted by Crippen LogP contribution is -2.48. The molecule has 0 radical (unpaired) electrons. The molecule has 206 valence electrons. The molecule has 1 saturated carbocycles. The molecule has 38 heavy (non-hydrogen) atoms. The molecule has 2 fully saturated rings. The Kier molecular flexibility index (Phi) is 7.16. The number of alkyl halides is 4. The number of carbonyl (C=O) groups excluding carboxylic acids is 1. The molecule has 1 aliphatic heterocycles. The number of halogens is 4. The van der Waals surface area contributed by atoms with Crippen LogP contribution in [0.4, 0.5) is 17.6 Å². The van der Waals surface area contributed by atoms with Gasteiger partial charge in [-0.15, -0.1) is 0 Å². The average molecular weight is 538 g/mol. The molecule has 1 saturated heterocycles. The Bertz CT molecular complexity index is 1290. The quantitative estimate of drug-likeness (QED) is 0.300. The summed E-state index contributed by atoms with van der Waals surface area (Å²) in [6, 6.07) is 4.23. The molecule has 4 heterocycles. The van der Waals surface area contributed by atoms with Crippen molar-refractivity contribution in [2.45, 2.75) is 76.1 Å². The average Bonchev–Trinajstić information content (AvgIpc) is 3.50. The molecule has 0 aromatic carbocycles. The van der Waals surface area contributed by atoms with Crippen molar-refractivity contribution in [2.24, 2.45) is 11.8 Å². The zero-order chi connectivity index (χ0) is 27.1. The lowest BCUT2D eigenvalue weighted by molar-refractivity contribution is -0.136. The summed E-state index contributed by atoms with van der Waals surface area (Å²) < 4.78 is 59.5. The van der Waals surface area contributed by atoms with Crippen molar-refractivity contribution >= 4 is 11.6 Å². The number of aromatic nitrogens is 5. The van der Waals surface area contributed by atoms with Crippen molar-refractivity contribution in [3.63, 3.8) is 0 Å². The lowest BCUT2D eigenvalue weighted by atomic mass is 9.80. The summed E-state index contributed by atoms with van der Waals surface area (Å²) in [4.78, 5) is 16.7. The molecule has 1 aliphatic carbocycles. The highest BCUT2D eigenvalue weighted by atomic mass is 19.3. The number of fused-ring (bicyclic) bond motifs is 1. The summed E-state index contributed by atoms with van der Waals surface area (Å²) in [5, 5.41) is 24.9. The highest BCUT2D eigenvalue weighted by Crippen LogP contribution is 2.42. The number of amides is 1. The molecule has 4 unspecified atom stereocenters. The fraction of sp³-hybridized carbons (Fsp3) is 0.600. The summed E-state index contributed by atoms with van der Waals surface area (Å²) in [7, 11) is 0. The fourth-order valence-corrected chi connectivity index (χ4v) is 5.56. The SMILES string of the molecule is CCn1nccc1C(O)NC(c1cn2nc(CC3CC(F)(F)CNC3=O)ccc2n1)C1CCCC(F)(F)C1. The number of nitrogens with one attached hydrogen (secondary N) is 2. The maximum Gasteiger partial charge on any atom is 0.265 e. The van der Waals surface area contributed by atoms with Gasteiger partial charge in [-0.1, -0.05) is 0 Å². The maximum atomic E-state index is 14.4. The van der Waals surface area contributed by atoms with Gasteiger partial charge in [0, 0.05) is 44.3 Å². The van der Waals surface area contributed by atoms with E-state index < -0.39 is 54.8 Å². The summed E-state index contributed by atoms with van der Waals surface area (Å²) in [5.41, 5.74) is 1.80. The van der Waals surface area contributed by atoms with E-state index in [9.17, 15) is 27.5 Å². The molecule has 0 spiro atoms. The van der Waals surface area contributed by atoms with Crippen LogP contribution in [0.25, 0.3) is 5.65 Å². The largest absolute Gasteiger partial charge is 0.373 e. The van der Waals surface area contributed by atoms with E-state index in [1.165, 1.54) is 4.52 Å². The van der Waals surface area contributed by atoms with Crippen LogP contribution in [0.3, 0.4) is 0 Å². The topological polar surface area (TPSA) is 109 Å². The van der Waals surface area contributed by atoms with Crippen LogP contribution in [-0.4, -0.2) is 53.8 Å². The Morgan fingerprint density at radius 3 is 2.79 bits per heavy atom. The third kappa shape index (κ3) is 5.68. The van der Waals surface area contributed by atoms with Gasteiger partial charge in [0.25, 0.3) is 5.92 Å². The third-order valence-electron chi connectivity index (χ3n) is 7.42. The number of aliphatic hydroxyl groups excluding tert-OH is 1. The zero-order valence-electron chi connectivity index (χ0n) is 21.0. The molecule has 3 aromatic rings. The van der Waals surface area contributed by atoms with Crippen LogP contribution in [0.2, 0.25) is 0 Å². The van der Waals surface area contributed by atoms with Crippen LogP contribution in [-0.2, 0) is 17.8 Å². The smallest absolute Gasteiger partial charge is 0.265 e. The molecular weight excluding hydrogens is 506 g/mol. The van der Waals surface area contributed by atoms with E-state index in [1.807, 2.05) is 6.92 Å². The summed E-state index contributed by atoms with van der Waals surface area (Å²) >= 11 is 0. The van der Waals surface area contributed by atoms with Crippen LogP contribution in [0.15, 0.2) is 30.6 Å². The van der Waals surface area contributed by atoms with Gasteiger partial charge in [-0.25, -0.2) is 27.1 Å². The van der Waals surface area contributed by atoms with E-state index in [-0.39, 0.29) is 19.3 Å². The minimum atomic E-state index is -2.97. The Morgan fingerprint density at radius 2 is 2.03 bits per heavy atom. The van der Waals surface area contributed by atoms with Gasteiger partial charge in [0.2, 0.25) is 11.8 Å². The summed E-state index contributed by atoms with van der Waals surface area (Å²) in [5.74, 6) is -7.63.